The predicted octanol–water partition coefficient (Wildman–Crippen LogP) is 7.52. The lowest BCUT2D eigenvalue weighted by molar-refractivity contribution is 0.0231. The van der Waals surface area contributed by atoms with Crippen molar-refractivity contribution in [1.82, 2.24) is 14.5 Å². The summed E-state index contributed by atoms with van der Waals surface area (Å²) in [5, 5.41) is 1.17. The number of pyridine rings is 1. The molecule has 3 rings (SSSR count). The molecule has 0 fully saturated rings. The maximum Gasteiger partial charge on any atom is 0.410 e. The fraction of sp³-hybridized carbons (Fsp3) is 0.387. The van der Waals surface area contributed by atoms with Crippen LogP contribution in [0.1, 0.15) is 62.0 Å². The Morgan fingerprint density at radius 2 is 1.97 bits per heavy atom. The molecule has 208 valence electrons. The van der Waals surface area contributed by atoms with Crippen molar-refractivity contribution < 1.29 is 19.1 Å². The molecule has 1 aliphatic rings. The standard InChI is InChI=1S/C31H38ClN3O4/c1-9-12-23(32)16-24(10-2)35-19-25(29(36)38-8)27-26(21(4)17-33-28(27)35)22-13-11-14-34(18-20(3)15-22)30(37)39-31(5,6)7/h9-10,12,15-17,19-20H,1-2,11,13-14,18H2,3-8H3/b22-15-,23-12+,24-16+/t20-/m1/s1. The Balaban J connectivity index is 2.17. The van der Waals surface area contributed by atoms with Crippen LogP contribution in [0.25, 0.3) is 22.3 Å². The number of allylic oxidation sites excluding steroid dienone is 7. The lowest BCUT2D eigenvalue weighted by Crippen LogP contribution is -2.40. The van der Waals surface area contributed by atoms with Crippen LogP contribution in [0.3, 0.4) is 0 Å². The highest BCUT2D eigenvalue weighted by molar-refractivity contribution is 6.31. The summed E-state index contributed by atoms with van der Waals surface area (Å²) in [6.45, 7) is 18.4. The zero-order chi connectivity index (χ0) is 28.9. The van der Waals surface area contributed by atoms with Crippen LogP contribution in [0.5, 0.6) is 0 Å². The molecule has 8 heteroatoms. The van der Waals surface area contributed by atoms with Gasteiger partial charge in [0.25, 0.3) is 0 Å². The van der Waals surface area contributed by atoms with Crippen LogP contribution in [0.15, 0.2) is 61.0 Å². The second-order valence-corrected chi connectivity index (χ2v) is 11.1. The van der Waals surface area contributed by atoms with E-state index in [2.05, 4.69) is 26.2 Å². The van der Waals surface area contributed by atoms with Crippen LogP contribution in [0.4, 0.5) is 4.79 Å². The van der Waals surface area contributed by atoms with Crippen molar-refractivity contribution in [3.05, 3.63) is 77.7 Å². The molecule has 39 heavy (non-hydrogen) atoms. The van der Waals surface area contributed by atoms with Crippen molar-refractivity contribution in [3.8, 4) is 0 Å². The monoisotopic (exact) mass is 551 g/mol. The van der Waals surface area contributed by atoms with E-state index in [1.54, 1.807) is 40.0 Å². The molecule has 0 bridgehead atoms. The van der Waals surface area contributed by atoms with E-state index in [1.165, 1.54) is 7.11 Å². The third-order valence-electron chi connectivity index (χ3n) is 6.30. The fourth-order valence-electron chi connectivity index (χ4n) is 4.77. The van der Waals surface area contributed by atoms with Gasteiger partial charge in [-0.3, -0.25) is 0 Å². The van der Waals surface area contributed by atoms with Crippen LogP contribution >= 0.6 is 11.6 Å². The van der Waals surface area contributed by atoms with Crippen molar-refractivity contribution in [3.63, 3.8) is 0 Å². The van der Waals surface area contributed by atoms with Crippen molar-refractivity contribution in [1.29, 1.82) is 0 Å². The summed E-state index contributed by atoms with van der Waals surface area (Å²) in [6.07, 6.45) is 13.5. The van der Waals surface area contributed by atoms with Gasteiger partial charge in [-0.05, 0) is 81.4 Å². The van der Waals surface area contributed by atoms with Gasteiger partial charge in [-0.25, -0.2) is 14.6 Å². The molecule has 1 amide bonds. The summed E-state index contributed by atoms with van der Waals surface area (Å²) in [6, 6.07) is 0. The normalized spacial score (nSPS) is 18.6. The van der Waals surface area contributed by atoms with Gasteiger partial charge < -0.3 is 18.9 Å². The molecule has 0 saturated carbocycles. The molecule has 0 saturated heterocycles. The number of nitrogens with zero attached hydrogens (tertiary/aromatic N) is 3. The zero-order valence-corrected chi connectivity index (χ0v) is 24.5. The Bertz CT molecular complexity index is 1370. The predicted molar refractivity (Wildman–Crippen MR) is 159 cm³/mol. The largest absolute Gasteiger partial charge is 0.465 e. The van der Waals surface area contributed by atoms with Crippen LogP contribution < -0.4 is 0 Å². The van der Waals surface area contributed by atoms with Crippen molar-refractivity contribution in [2.24, 2.45) is 5.92 Å². The maximum absolute atomic E-state index is 13.0. The molecule has 0 N–H and O–H groups in total. The summed E-state index contributed by atoms with van der Waals surface area (Å²) in [5.74, 6) is -0.398. The molecule has 0 aliphatic carbocycles. The summed E-state index contributed by atoms with van der Waals surface area (Å²) in [5.41, 5.74) is 4.10. The molecule has 0 aromatic carbocycles. The number of carbonyl (C=O) groups is 2. The second-order valence-electron chi connectivity index (χ2n) is 10.7. The van der Waals surface area contributed by atoms with Gasteiger partial charge in [0.05, 0.1) is 12.7 Å². The van der Waals surface area contributed by atoms with Gasteiger partial charge in [-0.2, -0.15) is 0 Å². The minimum atomic E-state index is -0.550. The second kappa shape index (κ2) is 12.5. The van der Waals surface area contributed by atoms with E-state index in [-0.39, 0.29) is 12.0 Å². The van der Waals surface area contributed by atoms with Crippen LogP contribution in [0.2, 0.25) is 0 Å². The number of aryl methyl sites for hydroxylation is 1. The molecular formula is C31H38ClN3O4. The average Bonchev–Trinajstić information content (AvgIpc) is 3.22. The number of amides is 1. The van der Waals surface area contributed by atoms with Crippen LogP contribution in [0, 0.1) is 12.8 Å². The van der Waals surface area contributed by atoms with E-state index in [4.69, 9.17) is 26.1 Å². The minimum absolute atomic E-state index is 0.0607. The molecule has 0 unspecified atom stereocenters. The number of halogens is 1. The number of esters is 1. The van der Waals surface area contributed by atoms with Gasteiger partial charge in [0, 0.05) is 41.6 Å². The number of methoxy groups -OCH3 is 1. The maximum atomic E-state index is 13.0. The van der Waals surface area contributed by atoms with Gasteiger partial charge >= 0.3 is 12.1 Å². The third kappa shape index (κ3) is 7.09. The summed E-state index contributed by atoms with van der Waals surface area (Å²) in [4.78, 5) is 32.3. The summed E-state index contributed by atoms with van der Waals surface area (Å²) in [7, 11) is 1.37. The van der Waals surface area contributed by atoms with Crippen molar-refractivity contribution >= 4 is 46.0 Å². The van der Waals surface area contributed by atoms with E-state index in [0.717, 1.165) is 23.1 Å². The Hall–Kier alpha value is -3.58. The highest BCUT2D eigenvalue weighted by Gasteiger charge is 2.27. The van der Waals surface area contributed by atoms with Crippen molar-refractivity contribution in [2.45, 2.75) is 53.1 Å². The van der Waals surface area contributed by atoms with Crippen molar-refractivity contribution in [2.75, 3.05) is 20.2 Å². The highest BCUT2D eigenvalue weighted by Crippen LogP contribution is 2.36. The Morgan fingerprint density at radius 1 is 1.26 bits per heavy atom. The molecule has 1 atom stereocenters. The van der Waals surface area contributed by atoms with Gasteiger partial charge in [-0.1, -0.05) is 43.8 Å². The first-order valence-electron chi connectivity index (χ1n) is 13.0. The van der Waals surface area contributed by atoms with Crippen LogP contribution in [-0.4, -0.2) is 52.3 Å². The van der Waals surface area contributed by atoms with E-state index in [1.807, 2.05) is 33.9 Å². The molecule has 7 nitrogen and oxygen atoms in total. The number of carbonyl (C=O) groups excluding carboxylic acids is 2. The SMILES string of the molecule is C=C/C=C(Cl)\C=C(/C=C)n1cc(C(=O)OC)c2c(/C3=C\[C@@H](C)CN(C(=O)OC(C)(C)C)CCC3)c(C)cnc21. The van der Waals surface area contributed by atoms with E-state index in [0.29, 0.717) is 46.8 Å². The summed E-state index contributed by atoms with van der Waals surface area (Å²) >= 11 is 6.34. The number of rotatable bonds is 6. The highest BCUT2D eigenvalue weighted by atomic mass is 35.5. The molecule has 1 aliphatic heterocycles. The van der Waals surface area contributed by atoms with Gasteiger partial charge in [0.15, 0.2) is 0 Å². The van der Waals surface area contributed by atoms with E-state index in [9.17, 15) is 9.59 Å². The quantitative estimate of drug-likeness (QED) is 0.274. The first kappa shape index (κ1) is 30.0. The van der Waals surface area contributed by atoms with E-state index >= 15 is 0 Å². The van der Waals surface area contributed by atoms with Gasteiger partial charge in [0.2, 0.25) is 0 Å². The molecule has 0 spiro atoms. The number of aromatic nitrogens is 2. The number of hydrogen-bond donors (Lipinski definition) is 0. The molecular weight excluding hydrogens is 514 g/mol. The molecule has 2 aromatic rings. The molecule has 2 aromatic heterocycles. The zero-order valence-electron chi connectivity index (χ0n) is 23.7. The van der Waals surface area contributed by atoms with Gasteiger partial charge in [-0.15, -0.1) is 0 Å². The first-order valence-corrected chi connectivity index (χ1v) is 13.4. The number of ether oxygens (including phenoxy) is 2. The Kier molecular flexibility index (Phi) is 9.62. The summed E-state index contributed by atoms with van der Waals surface area (Å²) < 4.78 is 12.6. The Labute approximate surface area is 236 Å². The topological polar surface area (TPSA) is 73.7 Å². The Morgan fingerprint density at radius 3 is 2.59 bits per heavy atom. The lowest BCUT2D eigenvalue weighted by atomic mass is 9.90. The molecule has 3 heterocycles. The average molecular weight is 552 g/mol. The smallest absolute Gasteiger partial charge is 0.410 e. The first-order chi connectivity index (χ1) is 18.4. The number of hydrogen-bond acceptors (Lipinski definition) is 5. The van der Waals surface area contributed by atoms with Gasteiger partial charge in [0.1, 0.15) is 11.2 Å². The van der Waals surface area contributed by atoms with Crippen LogP contribution in [-0.2, 0) is 9.47 Å². The molecule has 0 radical (unpaired) electrons. The third-order valence-corrected chi connectivity index (χ3v) is 6.54. The fourth-order valence-corrected chi connectivity index (χ4v) is 4.97. The minimum Gasteiger partial charge on any atom is -0.465 e. The number of fused-ring (bicyclic) bond motifs is 1. The van der Waals surface area contributed by atoms with E-state index < -0.39 is 11.6 Å². The lowest BCUT2D eigenvalue weighted by Gasteiger charge is -2.30.